The molecular formula is C11H23NS. The molecule has 0 spiro atoms. The molecule has 0 saturated heterocycles. The van der Waals surface area contributed by atoms with Gasteiger partial charge in [-0.3, -0.25) is 4.31 Å². The van der Waals surface area contributed by atoms with Crippen LogP contribution in [0.1, 0.15) is 32.1 Å². The van der Waals surface area contributed by atoms with Gasteiger partial charge in [-0.1, -0.05) is 25.8 Å². The van der Waals surface area contributed by atoms with Crippen LogP contribution in [0.2, 0.25) is 0 Å². The molecule has 1 aliphatic rings. The molecule has 1 nitrogen and oxygen atoms in total. The van der Waals surface area contributed by atoms with Gasteiger partial charge in [0.15, 0.2) is 0 Å². The average Bonchev–Trinajstić information content (AvgIpc) is 2.18. The van der Waals surface area contributed by atoms with Crippen LogP contribution in [-0.2, 0) is 0 Å². The van der Waals surface area contributed by atoms with Crippen LogP contribution in [-0.4, -0.2) is 29.9 Å². The fourth-order valence-corrected chi connectivity index (χ4v) is 3.16. The summed E-state index contributed by atoms with van der Waals surface area (Å²) in [4.78, 5) is 0. The van der Waals surface area contributed by atoms with Crippen molar-refractivity contribution in [3.8, 4) is 0 Å². The molecule has 0 unspecified atom stereocenters. The summed E-state index contributed by atoms with van der Waals surface area (Å²) in [7, 11) is 1.57. The lowest BCUT2D eigenvalue weighted by Crippen LogP contribution is -2.34. The van der Waals surface area contributed by atoms with Crippen LogP contribution in [0.5, 0.6) is 0 Å². The summed E-state index contributed by atoms with van der Waals surface area (Å²) >= 11 is 0. The second-order valence-corrected chi connectivity index (χ2v) is 7.96. The predicted molar refractivity (Wildman–Crippen MR) is 64.3 cm³/mol. The molecule has 78 valence electrons. The zero-order valence-electron chi connectivity index (χ0n) is 9.25. The highest BCUT2D eigenvalue weighted by Gasteiger charge is 2.24. The van der Waals surface area contributed by atoms with Crippen LogP contribution in [0.4, 0.5) is 0 Å². The third kappa shape index (κ3) is 2.75. The Balaban J connectivity index is 2.54. The molecule has 1 rings (SSSR count). The molecule has 0 N–H and O–H groups in total. The topological polar surface area (TPSA) is 3.24 Å². The molecule has 1 saturated carbocycles. The van der Waals surface area contributed by atoms with E-state index in [1.165, 1.54) is 32.1 Å². The summed E-state index contributed by atoms with van der Waals surface area (Å²) in [5, 5.41) is 2.14. The van der Waals surface area contributed by atoms with Gasteiger partial charge in [0, 0.05) is 6.04 Å². The minimum absolute atomic E-state index is 0.701. The number of hydrogen-bond acceptors (Lipinski definition) is 1. The highest BCUT2D eigenvalue weighted by molar-refractivity contribution is 8.33. The molecule has 0 radical (unpaired) electrons. The Morgan fingerprint density at radius 3 is 2.23 bits per heavy atom. The normalized spacial score (nSPS) is 21.8. The Morgan fingerprint density at radius 1 is 1.23 bits per heavy atom. The minimum atomic E-state index is -0.701. The van der Waals surface area contributed by atoms with Gasteiger partial charge >= 0.3 is 0 Å². The molecular weight excluding hydrogens is 178 g/mol. The van der Waals surface area contributed by atoms with E-state index in [1.807, 2.05) is 0 Å². The van der Waals surface area contributed by atoms with Gasteiger partial charge in [-0.05, 0) is 37.8 Å². The van der Waals surface area contributed by atoms with Gasteiger partial charge in [0.05, 0.1) is 0 Å². The third-order valence-corrected chi connectivity index (χ3v) is 5.84. The molecule has 13 heavy (non-hydrogen) atoms. The van der Waals surface area contributed by atoms with Gasteiger partial charge in [0.2, 0.25) is 0 Å². The summed E-state index contributed by atoms with van der Waals surface area (Å²) in [5.74, 6) is 0. The van der Waals surface area contributed by atoms with Crippen molar-refractivity contribution >= 4 is 10.2 Å². The zero-order chi connectivity index (χ0) is 9.90. The SMILES string of the molecule is C=CS(C)(C)N(C)C1CCCCC1. The maximum atomic E-state index is 3.94. The smallest absolute Gasteiger partial charge is 0.0187 e. The first-order chi connectivity index (χ1) is 6.08. The van der Waals surface area contributed by atoms with Gasteiger partial charge in [0.25, 0.3) is 0 Å². The number of rotatable bonds is 3. The molecule has 0 aromatic heterocycles. The number of hydrogen-bond donors (Lipinski definition) is 0. The molecule has 1 fully saturated rings. The molecule has 0 aromatic rings. The summed E-state index contributed by atoms with van der Waals surface area (Å²) < 4.78 is 2.57. The van der Waals surface area contributed by atoms with Gasteiger partial charge in [0.1, 0.15) is 0 Å². The monoisotopic (exact) mass is 201 g/mol. The Hall–Kier alpha value is 0.0500. The van der Waals surface area contributed by atoms with Crippen molar-refractivity contribution in [1.29, 1.82) is 0 Å². The van der Waals surface area contributed by atoms with Gasteiger partial charge in [-0.2, -0.15) is 10.2 Å². The third-order valence-electron chi connectivity index (χ3n) is 3.24. The van der Waals surface area contributed by atoms with Gasteiger partial charge in [-0.25, -0.2) is 0 Å². The quantitative estimate of drug-likeness (QED) is 0.676. The van der Waals surface area contributed by atoms with Crippen molar-refractivity contribution in [3.05, 3.63) is 12.0 Å². The fourth-order valence-electron chi connectivity index (χ4n) is 1.95. The van der Waals surface area contributed by atoms with Crippen LogP contribution >= 0.6 is 10.2 Å². The Bertz CT molecular complexity index is 171. The van der Waals surface area contributed by atoms with E-state index >= 15 is 0 Å². The highest BCUT2D eigenvalue weighted by atomic mass is 32.3. The van der Waals surface area contributed by atoms with E-state index < -0.39 is 10.2 Å². The van der Waals surface area contributed by atoms with Crippen molar-refractivity contribution in [2.24, 2.45) is 0 Å². The Morgan fingerprint density at radius 2 is 1.77 bits per heavy atom. The van der Waals surface area contributed by atoms with E-state index in [2.05, 4.69) is 35.9 Å². The Labute approximate surface area is 84.6 Å². The molecule has 1 aliphatic carbocycles. The lowest BCUT2D eigenvalue weighted by atomic mass is 9.96. The van der Waals surface area contributed by atoms with Gasteiger partial charge < -0.3 is 0 Å². The standard InChI is InChI=1S/C11H23NS/c1-5-13(3,4)12(2)11-9-7-6-8-10-11/h5,11H,1,6-10H2,2-4H3. The zero-order valence-corrected chi connectivity index (χ0v) is 10.1. The van der Waals surface area contributed by atoms with E-state index in [1.54, 1.807) is 0 Å². The molecule has 0 atom stereocenters. The summed E-state index contributed by atoms with van der Waals surface area (Å²) in [6.07, 6.45) is 11.7. The van der Waals surface area contributed by atoms with Crippen LogP contribution in [0, 0.1) is 0 Å². The van der Waals surface area contributed by atoms with Crippen LogP contribution in [0.15, 0.2) is 12.0 Å². The lowest BCUT2D eigenvalue weighted by Gasteiger charge is -2.44. The Kier molecular flexibility index (Phi) is 3.87. The molecule has 0 heterocycles. The van der Waals surface area contributed by atoms with E-state index in [0.717, 1.165) is 6.04 Å². The second-order valence-electron chi connectivity index (χ2n) is 4.35. The van der Waals surface area contributed by atoms with E-state index in [-0.39, 0.29) is 0 Å². The van der Waals surface area contributed by atoms with Crippen molar-refractivity contribution < 1.29 is 0 Å². The van der Waals surface area contributed by atoms with Crippen molar-refractivity contribution in [3.63, 3.8) is 0 Å². The van der Waals surface area contributed by atoms with Gasteiger partial charge in [-0.15, -0.1) is 0 Å². The average molecular weight is 201 g/mol. The summed E-state index contributed by atoms with van der Waals surface area (Å²) in [6.45, 7) is 3.94. The first-order valence-electron chi connectivity index (χ1n) is 5.16. The van der Waals surface area contributed by atoms with Crippen LogP contribution in [0.3, 0.4) is 0 Å². The molecule has 0 amide bonds. The predicted octanol–water partition coefficient (Wildman–Crippen LogP) is 3.37. The maximum Gasteiger partial charge on any atom is 0.0187 e. The molecule has 0 bridgehead atoms. The molecule has 2 heteroatoms. The van der Waals surface area contributed by atoms with Crippen molar-refractivity contribution in [2.45, 2.75) is 38.1 Å². The second kappa shape index (κ2) is 4.52. The lowest BCUT2D eigenvalue weighted by molar-refractivity contribution is 0.301. The molecule has 0 aliphatic heterocycles. The van der Waals surface area contributed by atoms with Crippen molar-refractivity contribution in [1.82, 2.24) is 4.31 Å². The summed E-state index contributed by atoms with van der Waals surface area (Å²) in [5.41, 5.74) is 0. The van der Waals surface area contributed by atoms with E-state index in [0.29, 0.717) is 0 Å². The van der Waals surface area contributed by atoms with Crippen LogP contribution < -0.4 is 0 Å². The first-order valence-corrected chi connectivity index (χ1v) is 7.63. The van der Waals surface area contributed by atoms with E-state index in [4.69, 9.17) is 0 Å². The maximum absolute atomic E-state index is 3.94. The van der Waals surface area contributed by atoms with Crippen molar-refractivity contribution in [2.75, 3.05) is 19.6 Å². The number of nitrogens with zero attached hydrogens (tertiary/aromatic N) is 1. The first kappa shape index (κ1) is 11.1. The summed E-state index contributed by atoms with van der Waals surface area (Å²) in [6, 6.07) is 0.816. The van der Waals surface area contributed by atoms with Crippen LogP contribution in [0.25, 0.3) is 0 Å². The fraction of sp³-hybridized carbons (Fsp3) is 0.818. The molecule has 0 aromatic carbocycles. The largest absolute Gasteiger partial charge is 0.265 e. The minimum Gasteiger partial charge on any atom is -0.265 e. The van der Waals surface area contributed by atoms with E-state index in [9.17, 15) is 0 Å². The highest BCUT2D eigenvalue weighted by Crippen LogP contribution is 2.47.